The van der Waals surface area contributed by atoms with E-state index in [0.29, 0.717) is 6.42 Å². The summed E-state index contributed by atoms with van der Waals surface area (Å²) in [5, 5.41) is 2.64. The van der Waals surface area contributed by atoms with Crippen LogP contribution in [-0.2, 0) is 9.59 Å². The van der Waals surface area contributed by atoms with E-state index in [1.807, 2.05) is 13.8 Å². The highest BCUT2D eigenvalue weighted by Crippen LogP contribution is 2.30. The Balaban J connectivity index is 2.60. The van der Waals surface area contributed by atoms with Crippen LogP contribution in [0, 0.1) is 5.92 Å². The van der Waals surface area contributed by atoms with Gasteiger partial charge in [0.1, 0.15) is 6.04 Å². The molecular formula is C12H19F3N2O2S. The van der Waals surface area contributed by atoms with E-state index in [1.165, 1.54) is 4.90 Å². The van der Waals surface area contributed by atoms with Crippen molar-refractivity contribution < 1.29 is 22.8 Å². The van der Waals surface area contributed by atoms with Gasteiger partial charge in [-0.1, -0.05) is 13.8 Å². The van der Waals surface area contributed by atoms with Crippen molar-refractivity contribution in [3.05, 3.63) is 0 Å². The number of carbonyl (C=O) groups is 2. The molecule has 0 aromatic heterocycles. The second-order valence-electron chi connectivity index (χ2n) is 5.12. The van der Waals surface area contributed by atoms with Gasteiger partial charge in [0.2, 0.25) is 11.8 Å². The predicted octanol–water partition coefficient (Wildman–Crippen LogP) is 2.00. The van der Waals surface area contributed by atoms with Crippen molar-refractivity contribution in [2.75, 3.05) is 18.8 Å². The third-order valence-corrected chi connectivity index (χ3v) is 3.60. The van der Waals surface area contributed by atoms with Crippen molar-refractivity contribution in [3.8, 4) is 0 Å². The second kappa shape index (κ2) is 7.19. The normalized spacial score (nSPS) is 21.1. The van der Waals surface area contributed by atoms with Crippen LogP contribution >= 0.6 is 11.8 Å². The number of carbonyl (C=O) groups excluding carboxylic acids is 2. The van der Waals surface area contributed by atoms with Crippen LogP contribution in [0.2, 0.25) is 0 Å². The highest BCUT2D eigenvalue weighted by Gasteiger charge is 2.32. The van der Waals surface area contributed by atoms with Gasteiger partial charge in [0.05, 0.1) is 0 Å². The van der Waals surface area contributed by atoms with E-state index < -0.39 is 11.6 Å². The number of nitrogens with one attached hydrogen (secondary N) is 1. The fourth-order valence-corrected chi connectivity index (χ4v) is 2.56. The average molecular weight is 312 g/mol. The van der Waals surface area contributed by atoms with Crippen molar-refractivity contribution in [2.24, 2.45) is 5.92 Å². The Morgan fingerprint density at radius 3 is 2.60 bits per heavy atom. The van der Waals surface area contributed by atoms with E-state index in [1.54, 1.807) is 0 Å². The number of rotatable bonds is 5. The lowest BCUT2D eigenvalue weighted by atomic mass is 10.0. The molecule has 4 nitrogen and oxygen atoms in total. The summed E-state index contributed by atoms with van der Waals surface area (Å²) in [5.41, 5.74) is -4.29. The lowest BCUT2D eigenvalue weighted by molar-refractivity contribution is -0.133. The summed E-state index contributed by atoms with van der Waals surface area (Å²) in [6, 6.07) is -0.624. The molecule has 0 radical (unpaired) electrons. The van der Waals surface area contributed by atoms with Crippen LogP contribution < -0.4 is 5.32 Å². The van der Waals surface area contributed by atoms with E-state index >= 15 is 0 Å². The Kier molecular flexibility index (Phi) is 6.16. The third kappa shape index (κ3) is 6.02. The molecule has 1 N–H and O–H groups in total. The highest BCUT2D eigenvalue weighted by molar-refractivity contribution is 8.00. The lowest BCUT2D eigenvalue weighted by Crippen LogP contribution is -2.46. The van der Waals surface area contributed by atoms with Crippen molar-refractivity contribution >= 4 is 23.6 Å². The van der Waals surface area contributed by atoms with Crippen molar-refractivity contribution in [1.82, 2.24) is 10.2 Å². The van der Waals surface area contributed by atoms with Crippen LogP contribution in [0.25, 0.3) is 0 Å². The standard InChI is InChI=1S/C12H19F3N2O2S/c1-8(2)7-9-11(19)17(4-3-10(18)16-9)5-6-20-12(13,14)15/h8-9H,3-7H2,1-2H3,(H,16,18). The number of hydrogen-bond donors (Lipinski definition) is 1. The Hall–Kier alpha value is -0.920. The van der Waals surface area contributed by atoms with E-state index in [0.717, 1.165) is 0 Å². The molecule has 0 aromatic rings. The van der Waals surface area contributed by atoms with Crippen molar-refractivity contribution in [2.45, 2.75) is 38.2 Å². The van der Waals surface area contributed by atoms with E-state index in [4.69, 9.17) is 0 Å². The molecule has 116 valence electrons. The molecule has 0 spiro atoms. The molecule has 1 atom stereocenters. The largest absolute Gasteiger partial charge is 0.441 e. The molecule has 1 heterocycles. The zero-order chi connectivity index (χ0) is 15.3. The SMILES string of the molecule is CC(C)CC1NC(=O)CCN(CCSC(F)(F)F)C1=O. The first-order valence-electron chi connectivity index (χ1n) is 6.48. The topological polar surface area (TPSA) is 49.4 Å². The molecule has 2 amide bonds. The zero-order valence-corrected chi connectivity index (χ0v) is 12.3. The fourth-order valence-electron chi connectivity index (χ4n) is 2.02. The van der Waals surface area contributed by atoms with Crippen LogP contribution in [0.4, 0.5) is 13.2 Å². The highest BCUT2D eigenvalue weighted by atomic mass is 32.2. The minimum Gasteiger partial charge on any atom is -0.344 e. The monoisotopic (exact) mass is 312 g/mol. The van der Waals surface area contributed by atoms with Gasteiger partial charge in [0.15, 0.2) is 0 Å². The Bertz CT molecular complexity index is 361. The number of thioether (sulfide) groups is 1. The molecule has 20 heavy (non-hydrogen) atoms. The molecule has 1 unspecified atom stereocenters. The second-order valence-corrected chi connectivity index (χ2v) is 6.28. The first-order valence-corrected chi connectivity index (χ1v) is 7.46. The summed E-state index contributed by atoms with van der Waals surface area (Å²) >= 11 is -0.147. The third-order valence-electron chi connectivity index (χ3n) is 2.89. The van der Waals surface area contributed by atoms with Gasteiger partial charge in [-0.2, -0.15) is 13.2 Å². The molecule has 1 rings (SSSR count). The lowest BCUT2D eigenvalue weighted by Gasteiger charge is -2.25. The van der Waals surface area contributed by atoms with Crippen LogP contribution in [0.3, 0.4) is 0 Å². The van der Waals surface area contributed by atoms with Gasteiger partial charge >= 0.3 is 5.51 Å². The maximum atomic E-state index is 12.2. The minimum atomic E-state index is -4.29. The van der Waals surface area contributed by atoms with Crippen LogP contribution in [0.5, 0.6) is 0 Å². The molecule has 1 aliphatic rings. The predicted molar refractivity (Wildman–Crippen MR) is 71.1 cm³/mol. The quantitative estimate of drug-likeness (QED) is 0.845. The number of hydrogen-bond acceptors (Lipinski definition) is 3. The summed E-state index contributed by atoms with van der Waals surface area (Å²) < 4.78 is 36.3. The van der Waals surface area contributed by atoms with Gasteiger partial charge in [-0.05, 0) is 24.1 Å². The van der Waals surface area contributed by atoms with Crippen LogP contribution in [0.1, 0.15) is 26.7 Å². The fraction of sp³-hybridized carbons (Fsp3) is 0.833. The summed E-state index contributed by atoms with van der Waals surface area (Å²) in [4.78, 5) is 25.1. The molecule has 0 bridgehead atoms. The Morgan fingerprint density at radius 2 is 2.05 bits per heavy atom. The van der Waals surface area contributed by atoms with E-state index in [2.05, 4.69) is 5.32 Å². The number of halogens is 3. The van der Waals surface area contributed by atoms with Crippen LogP contribution in [-0.4, -0.2) is 47.1 Å². The van der Waals surface area contributed by atoms with Gasteiger partial charge in [-0.25, -0.2) is 0 Å². The summed E-state index contributed by atoms with van der Waals surface area (Å²) in [7, 11) is 0. The smallest absolute Gasteiger partial charge is 0.344 e. The molecule has 1 fully saturated rings. The van der Waals surface area contributed by atoms with Gasteiger partial charge in [0.25, 0.3) is 0 Å². The number of amides is 2. The molecule has 0 aliphatic carbocycles. The molecular weight excluding hydrogens is 293 g/mol. The molecule has 8 heteroatoms. The number of nitrogens with zero attached hydrogens (tertiary/aromatic N) is 1. The van der Waals surface area contributed by atoms with Gasteiger partial charge in [-0.15, -0.1) is 0 Å². The summed E-state index contributed by atoms with van der Waals surface area (Å²) in [6.07, 6.45) is 0.629. The Labute approximate surface area is 120 Å². The molecule has 0 aromatic carbocycles. The number of alkyl halides is 3. The molecule has 1 saturated heterocycles. The maximum absolute atomic E-state index is 12.2. The van der Waals surface area contributed by atoms with Crippen molar-refractivity contribution in [1.29, 1.82) is 0 Å². The molecule has 0 saturated carbocycles. The zero-order valence-electron chi connectivity index (χ0n) is 11.5. The van der Waals surface area contributed by atoms with Crippen LogP contribution in [0.15, 0.2) is 0 Å². The summed E-state index contributed by atoms with van der Waals surface area (Å²) in [6.45, 7) is 4.03. The average Bonchev–Trinajstić information content (AvgIpc) is 2.40. The Morgan fingerprint density at radius 1 is 1.40 bits per heavy atom. The van der Waals surface area contributed by atoms with E-state index in [9.17, 15) is 22.8 Å². The first kappa shape index (κ1) is 17.1. The van der Waals surface area contributed by atoms with Gasteiger partial charge < -0.3 is 10.2 Å². The minimum absolute atomic E-state index is 0.00651. The maximum Gasteiger partial charge on any atom is 0.441 e. The molecule has 1 aliphatic heterocycles. The summed E-state index contributed by atoms with van der Waals surface area (Å²) in [5.74, 6) is -0.506. The first-order chi connectivity index (χ1) is 9.19. The van der Waals surface area contributed by atoms with E-state index in [-0.39, 0.29) is 54.8 Å². The van der Waals surface area contributed by atoms with Gasteiger partial charge in [0, 0.05) is 25.3 Å². The van der Waals surface area contributed by atoms with Gasteiger partial charge in [-0.3, -0.25) is 9.59 Å². The van der Waals surface area contributed by atoms with Crippen molar-refractivity contribution in [3.63, 3.8) is 0 Å².